The first-order valence-corrected chi connectivity index (χ1v) is 11.0. The summed E-state index contributed by atoms with van der Waals surface area (Å²) in [5.41, 5.74) is 10.9. The highest BCUT2D eigenvalue weighted by Gasteiger charge is 2.28. The number of pyridine rings is 2. The number of nitrogens with zero attached hydrogens (tertiary/aromatic N) is 7. The highest BCUT2D eigenvalue weighted by Crippen LogP contribution is 2.34. The van der Waals surface area contributed by atoms with Crippen LogP contribution in [0.25, 0.3) is 28.2 Å². The largest absolute Gasteiger partial charge is 0.397 e. The molecule has 0 aliphatic carbocycles. The number of nitrogens with two attached hydrogens (primary N) is 1. The molecule has 0 saturated carbocycles. The Morgan fingerprint density at radius 3 is 2.79 bits per heavy atom. The Morgan fingerprint density at radius 1 is 1.09 bits per heavy atom. The van der Waals surface area contributed by atoms with Gasteiger partial charge in [-0.2, -0.15) is 4.68 Å². The molecular weight excluding hydrogens is 454 g/mol. The Labute approximate surface area is 198 Å². The number of tetrazole rings is 1. The summed E-state index contributed by atoms with van der Waals surface area (Å²) in [4.78, 5) is 25.5. The van der Waals surface area contributed by atoms with Crippen LogP contribution >= 0.6 is 11.6 Å². The van der Waals surface area contributed by atoms with Crippen LogP contribution < -0.4 is 11.3 Å². The van der Waals surface area contributed by atoms with Gasteiger partial charge in [0.25, 0.3) is 5.56 Å². The van der Waals surface area contributed by atoms with Crippen molar-refractivity contribution < 1.29 is 0 Å². The van der Waals surface area contributed by atoms with Gasteiger partial charge in [-0.25, -0.2) is 4.98 Å². The van der Waals surface area contributed by atoms with Crippen molar-refractivity contribution in [3.63, 3.8) is 0 Å². The summed E-state index contributed by atoms with van der Waals surface area (Å²) in [6, 6.07) is 12.5. The molecule has 0 bridgehead atoms. The molecule has 0 unspecified atom stereocenters. The summed E-state index contributed by atoms with van der Waals surface area (Å²) in [5.74, 6) is 0.722. The molecule has 10 nitrogen and oxygen atoms in total. The fourth-order valence-corrected chi connectivity index (χ4v) is 4.59. The van der Waals surface area contributed by atoms with Crippen LogP contribution in [0, 0.1) is 0 Å². The standard InChI is InChI=1S/C23H18ClN9O/c24-14-1-5-20(32-12-28-30-31-32)17(9-14)13-7-16-3-6-21(33(16)22(34)8-13)23-27-11-19(29-23)18-4-2-15(25)10-26-18/h1-2,4-5,7-12,21H,3,6,25H2,(H,27,29)/t21-/m0/s1. The number of hydrogen-bond acceptors (Lipinski definition) is 7. The molecule has 0 amide bonds. The molecule has 1 aromatic carbocycles. The normalized spacial score (nSPS) is 14.9. The van der Waals surface area contributed by atoms with Crippen LogP contribution in [0.5, 0.6) is 0 Å². The molecule has 0 saturated heterocycles. The predicted molar refractivity (Wildman–Crippen MR) is 127 cm³/mol. The zero-order chi connectivity index (χ0) is 23.2. The number of hydrogen-bond donors (Lipinski definition) is 2. The zero-order valence-electron chi connectivity index (χ0n) is 17.8. The third-order valence-corrected chi connectivity index (χ3v) is 6.21. The lowest BCUT2D eigenvalue weighted by Crippen LogP contribution is -2.23. The molecule has 168 valence electrons. The van der Waals surface area contributed by atoms with Gasteiger partial charge in [0.1, 0.15) is 12.2 Å². The van der Waals surface area contributed by atoms with E-state index in [1.807, 2.05) is 24.3 Å². The molecule has 3 N–H and O–H groups in total. The summed E-state index contributed by atoms with van der Waals surface area (Å²) in [6.45, 7) is 0. The molecule has 11 heteroatoms. The zero-order valence-corrected chi connectivity index (χ0v) is 18.5. The van der Waals surface area contributed by atoms with Gasteiger partial charge < -0.3 is 15.3 Å². The highest BCUT2D eigenvalue weighted by atomic mass is 35.5. The molecule has 5 aromatic rings. The maximum atomic E-state index is 13.3. The fraction of sp³-hybridized carbons (Fsp3) is 0.130. The monoisotopic (exact) mass is 471 g/mol. The van der Waals surface area contributed by atoms with E-state index in [2.05, 4.69) is 30.5 Å². The number of halogens is 1. The lowest BCUT2D eigenvalue weighted by Gasteiger charge is -2.15. The van der Waals surface area contributed by atoms with Crippen molar-refractivity contribution in [2.75, 3.05) is 5.73 Å². The van der Waals surface area contributed by atoms with Gasteiger partial charge in [-0.05, 0) is 65.2 Å². The van der Waals surface area contributed by atoms with Gasteiger partial charge in [-0.1, -0.05) is 11.6 Å². The van der Waals surface area contributed by atoms with Crippen LogP contribution in [0.15, 0.2) is 66.0 Å². The van der Waals surface area contributed by atoms with Crippen LogP contribution in [0.1, 0.15) is 24.0 Å². The van der Waals surface area contributed by atoms with E-state index < -0.39 is 0 Å². The van der Waals surface area contributed by atoms with Gasteiger partial charge in [-0.15, -0.1) is 5.10 Å². The van der Waals surface area contributed by atoms with Crippen LogP contribution in [0.3, 0.4) is 0 Å². The average Bonchev–Trinajstić information content (AvgIpc) is 3.60. The maximum absolute atomic E-state index is 13.3. The van der Waals surface area contributed by atoms with Crippen molar-refractivity contribution in [3.05, 3.63) is 88.1 Å². The molecule has 6 rings (SSSR count). The topological polar surface area (TPSA) is 133 Å². The Morgan fingerprint density at radius 2 is 2.00 bits per heavy atom. The lowest BCUT2D eigenvalue weighted by atomic mass is 10.0. The lowest BCUT2D eigenvalue weighted by molar-refractivity contribution is 0.572. The second-order valence-corrected chi connectivity index (χ2v) is 8.51. The number of imidazole rings is 1. The number of aromatic amines is 1. The molecule has 1 aliphatic rings. The third kappa shape index (κ3) is 3.44. The van der Waals surface area contributed by atoms with E-state index in [0.29, 0.717) is 10.7 Å². The van der Waals surface area contributed by atoms with Gasteiger partial charge in [0, 0.05) is 22.3 Å². The quantitative estimate of drug-likeness (QED) is 0.411. The highest BCUT2D eigenvalue weighted by molar-refractivity contribution is 6.31. The van der Waals surface area contributed by atoms with Crippen molar-refractivity contribution in [1.29, 1.82) is 0 Å². The number of aromatic nitrogens is 8. The molecule has 5 heterocycles. The van der Waals surface area contributed by atoms with Gasteiger partial charge >= 0.3 is 0 Å². The van der Waals surface area contributed by atoms with Gasteiger partial charge in [-0.3, -0.25) is 9.78 Å². The number of rotatable bonds is 4. The summed E-state index contributed by atoms with van der Waals surface area (Å²) in [6.07, 6.45) is 6.34. The maximum Gasteiger partial charge on any atom is 0.252 e. The van der Waals surface area contributed by atoms with Gasteiger partial charge in [0.05, 0.1) is 41.2 Å². The molecule has 34 heavy (non-hydrogen) atoms. The second kappa shape index (κ2) is 7.92. The fourth-order valence-electron chi connectivity index (χ4n) is 4.42. The summed E-state index contributed by atoms with van der Waals surface area (Å²) >= 11 is 6.28. The van der Waals surface area contributed by atoms with Crippen molar-refractivity contribution in [1.82, 2.24) is 39.7 Å². The smallest absolute Gasteiger partial charge is 0.252 e. The number of H-pyrrole nitrogens is 1. The number of benzene rings is 1. The average molecular weight is 472 g/mol. The van der Waals surface area contributed by atoms with Crippen LogP contribution in [-0.4, -0.2) is 39.7 Å². The van der Waals surface area contributed by atoms with Crippen molar-refractivity contribution in [2.24, 2.45) is 0 Å². The van der Waals surface area contributed by atoms with Crippen molar-refractivity contribution in [3.8, 4) is 28.2 Å². The molecular formula is C23H18ClN9O. The van der Waals surface area contributed by atoms with Crippen LogP contribution in [0.2, 0.25) is 5.02 Å². The number of aryl methyl sites for hydroxylation is 1. The SMILES string of the molecule is Nc1ccc(-c2cnc([C@@H]3CCc4cc(-c5cc(Cl)ccc5-n5cnnn5)cc(=O)n43)[nH]2)nc1. The first-order chi connectivity index (χ1) is 16.6. The summed E-state index contributed by atoms with van der Waals surface area (Å²) in [5, 5.41) is 12.0. The Bertz CT molecular complexity index is 1550. The van der Waals surface area contributed by atoms with E-state index in [9.17, 15) is 4.79 Å². The van der Waals surface area contributed by atoms with Crippen LogP contribution in [-0.2, 0) is 6.42 Å². The van der Waals surface area contributed by atoms with E-state index >= 15 is 0 Å². The van der Waals surface area contributed by atoms with Crippen molar-refractivity contribution >= 4 is 17.3 Å². The molecule has 0 fully saturated rings. The van der Waals surface area contributed by atoms with Gasteiger partial charge in [0.15, 0.2) is 0 Å². The summed E-state index contributed by atoms with van der Waals surface area (Å²) < 4.78 is 3.35. The third-order valence-electron chi connectivity index (χ3n) is 5.97. The van der Waals surface area contributed by atoms with Crippen molar-refractivity contribution in [2.45, 2.75) is 18.9 Å². The molecule has 4 aromatic heterocycles. The minimum atomic E-state index is -0.183. The van der Waals surface area contributed by atoms with Crippen LogP contribution in [0.4, 0.5) is 5.69 Å². The Kier molecular flexibility index (Phi) is 4.73. The van der Waals surface area contributed by atoms with E-state index in [4.69, 9.17) is 17.3 Å². The van der Waals surface area contributed by atoms with E-state index in [-0.39, 0.29) is 11.6 Å². The molecule has 0 radical (unpaired) electrons. The number of nitrogens with one attached hydrogen (secondary N) is 1. The molecule has 1 aliphatic heterocycles. The van der Waals surface area contributed by atoms with E-state index in [1.54, 1.807) is 39.8 Å². The minimum absolute atomic E-state index is 0.110. The summed E-state index contributed by atoms with van der Waals surface area (Å²) in [7, 11) is 0. The first kappa shape index (κ1) is 20.3. The van der Waals surface area contributed by atoms with E-state index in [0.717, 1.165) is 52.6 Å². The molecule has 1 atom stereocenters. The number of fused-ring (bicyclic) bond motifs is 1. The Hall–Kier alpha value is -4.31. The number of nitrogen functional groups attached to an aromatic ring is 1. The minimum Gasteiger partial charge on any atom is -0.397 e. The second-order valence-electron chi connectivity index (χ2n) is 8.07. The Balaban J connectivity index is 1.39. The van der Waals surface area contributed by atoms with E-state index in [1.165, 1.54) is 6.33 Å². The first-order valence-electron chi connectivity index (χ1n) is 10.6. The van der Waals surface area contributed by atoms with Gasteiger partial charge in [0.2, 0.25) is 0 Å². The predicted octanol–water partition coefficient (Wildman–Crippen LogP) is 3.05. The number of anilines is 1. The molecule has 0 spiro atoms.